The predicted molar refractivity (Wildman–Crippen MR) is 48.5 cm³/mol. The molecule has 1 aromatic rings. The molecule has 1 aromatic heterocycles. The topological polar surface area (TPSA) is 24.9 Å². The second kappa shape index (κ2) is 4.42. The van der Waals surface area contributed by atoms with Gasteiger partial charge in [-0.3, -0.25) is 4.98 Å². The van der Waals surface area contributed by atoms with E-state index in [0.29, 0.717) is 17.4 Å². The predicted octanol–water partition coefficient (Wildman–Crippen LogP) is 2.39. The molecule has 0 amide bonds. The smallest absolute Gasteiger partial charge is 0.0820 e. The molecule has 0 aliphatic carbocycles. The number of hydrogen-bond donors (Lipinski definition) is 1. The third-order valence-corrected chi connectivity index (χ3v) is 1.67. The van der Waals surface area contributed by atoms with E-state index >= 15 is 0 Å². The summed E-state index contributed by atoms with van der Waals surface area (Å²) in [5.41, 5.74) is 0.877. The van der Waals surface area contributed by atoms with Crippen LogP contribution in [0, 0.1) is 0 Å². The highest BCUT2D eigenvalue weighted by Crippen LogP contribution is 2.18. The Labute approximate surface area is 75.5 Å². The first kappa shape index (κ1) is 8.62. The van der Waals surface area contributed by atoms with Gasteiger partial charge in [-0.2, -0.15) is 0 Å². The van der Waals surface area contributed by atoms with Crippen molar-refractivity contribution >= 4 is 28.9 Å². The van der Waals surface area contributed by atoms with Crippen LogP contribution < -0.4 is 5.32 Å². The SMILES string of the molecule is ClCCNc1ccncc1Cl. The maximum atomic E-state index is 5.79. The average molecular weight is 191 g/mol. The number of anilines is 1. The van der Waals surface area contributed by atoms with E-state index in [2.05, 4.69) is 10.3 Å². The van der Waals surface area contributed by atoms with Crippen LogP contribution in [0.2, 0.25) is 5.02 Å². The Bertz CT molecular complexity index is 227. The van der Waals surface area contributed by atoms with Gasteiger partial charge in [-0.1, -0.05) is 11.6 Å². The van der Waals surface area contributed by atoms with Crippen LogP contribution in [0.4, 0.5) is 5.69 Å². The zero-order chi connectivity index (χ0) is 8.10. The second-order valence-corrected chi connectivity index (χ2v) is 2.76. The molecule has 11 heavy (non-hydrogen) atoms. The fourth-order valence-corrected chi connectivity index (χ4v) is 0.981. The highest BCUT2D eigenvalue weighted by atomic mass is 35.5. The molecule has 0 radical (unpaired) electrons. The Morgan fingerprint density at radius 1 is 1.55 bits per heavy atom. The van der Waals surface area contributed by atoms with E-state index in [0.717, 1.165) is 5.69 Å². The Morgan fingerprint density at radius 3 is 3.00 bits per heavy atom. The summed E-state index contributed by atoms with van der Waals surface area (Å²) in [6, 6.07) is 1.81. The molecule has 1 heterocycles. The maximum Gasteiger partial charge on any atom is 0.0820 e. The van der Waals surface area contributed by atoms with Gasteiger partial charge >= 0.3 is 0 Å². The minimum atomic E-state index is 0.568. The minimum absolute atomic E-state index is 0.568. The summed E-state index contributed by atoms with van der Waals surface area (Å²) in [5.74, 6) is 0.568. The lowest BCUT2D eigenvalue weighted by Crippen LogP contribution is -2.02. The molecule has 0 atom stereocenters. The summed E-state index contributed by atoms with van der Waals surface area (Å²) in [6.45, 7) is 0.714. The number of aromatic nitrogens is 1. The van der Waals surface area contributed by atoms with Crippen LogP contribution in [0.3, 0.4) is 0 Å². The van der Waals surface area contributed by atoms with E-state index in [-0.39, 0.29) is 0 Å². The van der Waals surface area contributed by atoms with Gasteiger partial charge < -0.3 is 5.32 Å². The van der Waals surface area contributed by atoms with Crippen LogP contribution in [0.15, 0.2) is 18.5 Å². The molecule has 0 saturated carbocycles. The Morgan fingerprint density at radius 2 is 2.36 bits per heavy atom. The lowest BCUT2D eigenvalue weighted by atomic mass is 10.4. The van der Waals surface area contributed by atoms with Crippen molar-refractivity contribution in [1.29, 1.82) is 0 Å². The molecule has 0 aliphatic heterocycles. The molecular formula is C7H8Cl2N2. The van der Waals surface area contributed by atoms with E-state index in [4.69, 9.17) is 23.2 Å². The van der Waals surface area contributed by atoms with Gasteiger partial charge in [0.15, 0.2) is 0 Å². The number of nitrogens with zero attached hydrogens (tertiary/aromatic N) is 1. The van der Waals surface area contributed by atoms with E-state index in [9.17, 15) is 0 Å². The van der Waals surface area contributed by atoms with Crippen LogP contribution in [-0.4, -0.2) is 17.4 Å². The molecule has 60 valence electrons. The minimum Gasteiger partial charge on any atom is -0.383 e. The molecule has 1 rings (SSSR count). The number of pyridine rings is 1. The first-order chi connectivity index (χ1) is 5.34. The lowest BCUT2D eigenvalue weighted by Gasteiger charge is -2.04. The number of halogens is 2. The number of alkyl halides is 1. The van der Waals surface area contributed by atoms with Gasteiger partial charge in [0.25, 0.3) is 0 Å². The fourth-order valence-electron chi connectivity index (χ4n) is 0.700. The third-order valence-electron chi connectivity index (χ3n) is 1.18. The van der Waals surface area contributed by atoms with Gasteiger partial charge in [0.05, 0.1) is 10.7 Å². The normalized spacial score (nSPS) is 9.64. The van der Waals surface area contributed by atoms with Crippen LogP contribution >= 0.6 is 23.2 Å². The van der Waals surface area contributed by atoms with Gasteiger partial charge in [-0.15, -0.1) is 11.6 Å². The molecule has 4 heteroatoms. The first-order valence-electron chi connectivity index (χ1n) is 3.24. The van der Waals surface area contributed by atoms with Crippen LogP contribution in [-0.2, 0) is 0 Å². The standard InChI is InChI=1S/C7H8Cl2N2/c8-2-4-11-7-1-3-10-5-6(7)9/h1,3,5H,2,4H2,(H,10,11). The number of hydrogen-bond acceptors (Lipinski definition) is 2. The van der Waals surface area contributed by atoms with Gasteiger partial charge in [0, 0.05) is 24.8 Å². The van der Waals surface area contributed by atoms with Crippen molar-refractivity contribution in [3.63, 3.8) is 0 Å². The molecule has 0 aromatic carbocycles. The van der Waals surface area contributed by atoms with Crippen LogP contribution in [0.1, 0.15) is 0 Å². The van der Waals surface area contributed by atoms with Gasteiger partial charge in [-0.05, 0) is 6.07 Å². The van der Waals surface area contributed by atoms with Gasteiger partial charge in [0.2, 0.25) is 0 Å². The molecule has 0 bridgehead atoms. The van der Waals surface area contributed by atoms with E-state index in [1.54, 1.807) is 12.4 Å². The largest absolute Gasteiger partial charge is 0.383 e. The Hall–Kier alpha value is -0.470. The number of rotatable bonds is 3. The first-order valence-corrected chi connectivity index (χ1v) is 4.15. The van der Waals surface area contributed by atoms with Crippen LogP contribution in [0.25, 0.3) is 0 Å². The fraction of sp³-hybridized carbons (Fsp3) is 0.286. The van der Waals surface area contributed by atoms with Gasteiger partial charge in [-0.25, -0.2) is 0 Å². The summed E-state index contributed by atoms with van der Waals surface area (Å²) < 4.78 is 0. The van der Waals surface area contributed by atoms with Crippen LogP contribution in [0.5, 0.6) is 0 Å². The van der Waals surface area contributed by atoms with Gasteiger partial charge in [0.1, 0.15) is 0 Å². The summed E-state index contributed by atoms with van der Waals surface area (Å²) in [7, 11) is 0. The second-order valence-electron chi connectivity index (χ2n) is 1.97. The van der Waals surface area contributed by atoms with Crippen molar-refractivity contribution in [2.24, 2.45) is 0 Å². The van der Waals surface area contributed by atoms with Crippen molar-refractivity contribution in [1.82, 2.24) is 4.98 Å². The van der Waals surface area contributed by atoms with Crippen molar-refractivity contribution in [3.8, 4) is 0 Å². The molecule has 1 N–H and O–H groups in total. The molecule has 2 nitrogen and oxygen atoms in total. The monoisotopic (exact) mass is 190 g/mol. The van der Waals surface area contributed by atoms with Crippen molar-refractivity contribution in [3.05, 3.63) is 23.5 Å². The summed E-state index contributed by atoms with van der Waals surface area (Å²) >= 11 is 11.3. The summed E-state index contributed by atoms with van der Waals surface area (Å²) in [5, 5.41) is 3.68. The molecule has 0 aliphatic rings. The Kier molecular flexibility index (Phi) is 3.46. The number of nitrogens with one attached hydrogen (secondary N) is 1. The zero-order valence-electron chi connectivity index (χ0n) is 5.85. The molecule has 0 unspecified atom stereocenters. The third kappa shape index (κ3) is 2.56. The van der Waals surface area contributed by atoms with E-state index in [1.807, 2.05) is 6.07 Å². The maximum absolute atomic E-state index is 5.79. The van der Waals surface area contributed by atoms with Crippen molar-refractivity contribution in [2.45, 2.75) is 0 Å². The quantitative estimate of drug-likeness (QED) is 0.742. The van der Waals surface area contributed by atoms with Crippen molar-refractivity contribution < 1.29 is 0 Å². The summed E-state index contributed by atoms with van der Waals surface area (Å²) in [6.07, 6.45) is 3.28. The molecule has 0 saturated heterocycles. The van der Waals surface area contributed by atoms with Crippen molar-refractivity contribution in [2.75, 3.05) is 17.7 Å². The highest BCUT2D eigenvalue weighted by molar-refractivity contribution is 6.33. The zero-order valence-corrected chi connectivity index (χ0v) is 7.36. The molecule has 0 fully saturated rings. The Balaban J connectivity index is 2.62. The highest BCUT2D eigenvalue weighted by Gasteiger charge is 1.95. The summed E-state index contributed by atoms with van der Waals surface area (Å²) in [4.78, 5) is 3.85. The molecular weight excluding hydrogens is 183 g/mol. The van der Waals surface area contributed by atoms with E-state index in [1.165, 1.54) is 0 Å². The molecule has 0 spiro atoms. The van der Waals surface area contributed by atoms with E-state index < -0.39 is 0 Å². The average Bonchev–Trinajstić information content (AvgIpc) is 2.03. The lowest BCUT2D eigenvalue weighted by molar-refractivity contribution is 1.21.